The van der Waals surface area contributed by atoms with Gasteiger partial charge in [0, 0.05) is 24.7 Å². The first-order chi connectivity index (χ1) is 13.8. The van der Waals surface area contributed by atoms with E-state index in [1.807, 2.05) is 53.2 Å². The molecule has 5 rings (SSSR count). The first kappa shape index (κ1) is 17.3. The van der Waals surface area contributed by atoms with Crippen LogP contribution in [0, 0.1) is 0 Å². The molecule has 0 radical (unpaired) electrons. The lowest BCUT2D eigenvalue weighted by atomic mass is 10.2. The third-order valence-corrected chi connectivity index (χ3v) is 5.39. The quantitative estimate of drug-likeness (QED) is 0.485. The second-order valence-electron chi connectivity index (χ2n) is 6.63. The molecule has 0 amide bonds. The number of nitrogens with zero attached hydrogens (tertiary/aromatic N) is 5. The third-order valence-electron chi connectivity index (χ3n) is 4.80. The predicted molar refractivity (Wildman–Crippen MR) is 114 cm³/mol. The van der Waals surface area contributed by atoms with Gasteiger partial charge in [-0.15, -0.1) is 0 Å². The molecule has 1 saturated heterocycles. The van der Waals surface area contributed by atoms with E-state index < -0.39 is 0 Å². The zero-order valence-corrected chi connectivity index (χ0v) is 16.7. The van der Waals surface area contributed by atoms with Crippen molar-refractivity contribution < 1.29 is 4.74 Å². The number of halogens is 1. The first-order valence-corrected chi connectivity index (χ1v) is 9.97. The van der Waals surface area contributed by atoms with Gasteiger partial charge in [-0.2, -0.15) is 0 Å². The molecule has 0 bridgehead atoms. The Balaban J connectivity index is 1.50. The van der Waals surface area contributed by atoms with Crippen molar-refractivity contribution in [2.24, 2.45) is 0 Å². The first-order valence-electron chi connectivity index (χ1n) is 9.18. The van der Waals surface area contributed by atoms with Crippen LogP contribution in [0.5, 0.6) is 0 Å². The van der Waals surface area contributed by atoms with E-state index in [1.54, 1.807) is 0 Å². The monoisotopic (exact) mass is 435 g/mol. The summed E-state index contributed by atoms with van der Waals surface area (Å²) in [4.78, 5) is 16.3. The van der Waals surface area contributed by atoms with Crippen molar-refractivity contribution >= 4 is 50.4 Å². The second kappa shape index (κ2) is 7.33. The molecule has 1 aliphatic rings. The Kier molecular flexibility index (Phi) is 4.54. The summed E-state index contributed by atoms with van der Waals surface area (Å²) >= 11 is 3.57. The molecule has 28 heavy (non-hydrogen) atoms. The highest BCUT2D eigenvalue weighted by Crippen LogP contribution is 2.24. The van der Waals surface area contributed by atoms with Gasteiger partial charge in [0.25, 0.3) is 0 Å². The van der Waals surface area contributed by atoms with Crippen molar-refractivity contribution in [2.45, 2.75) is 0 Å². The summed E-state index contributed by atoms with van der Waals surface area (Å²) in [5.41, 5.74) is 3.59. The molecule has 1 aromatic carbocycles. The van der Waals surface area contributed by atoms with Crippen molar-refractivity contribution in [3.63, 3.8) is 0 Å². The fraction of sp³-hybridized carbons (Fsp3) is 0.190. The maximum atomic E-state index is 5.46. The standard InChI is InChI=1S/C21H18BrN5O/c22-19-13-23-20(26-9-11-28-12-10-26)21-25-17(14-27(19)21)8-7-16-6-5-15-3-1-2-4-18(15)24-16/h1-8,13-14H,9-12H2. The molecular formula is C21H18BrN5O. The largest absolute Gasteiger partial charge is 0.378 e. The molecule has 0 unspecified atom stereocenters. The number of anilines is 1. The zero-order chi connectivity index (χ0) is 18.9. The van der Waals surface area contributed by atoms with Gasteiger partial charge in [-0.05, 0) is 40.2 Å². The van der Waals surface area contributed by atoms with Crippen molar-refractivity contribution in [1.29, 1.82) is 0 Å². The van der Waals surface area contributed by atoms with Crippen LogP contribution in [0.25, 0.3) is 28.7 Å². The molecule has 0 spiro atoms. The maximum Gasteiger partial charge on any atom is 0.181 e. The van der Waals surface area contributed by atoms with Gasteiger partial charge in [0.15, 0.2) is 11.5 Å². The normalized spacial score (nSPS) is 15.1. The van der Waals surface area contributed by atoms with Gasteiger partial charge in [-0.1, -0.05) is 24.3 Å². The highest BCUT2D eigenvalue weighted by molar-refractivity contribution is 9.10. The predicted octanol–water partition coefficient (Wildman–Crippen LogP) is 4.05. The summed E-state index contributed by atoms with van der Waals surface area (Å²) in [5, 5.41) is 1.14. The summed E-state index contributed by atoms with van der Waals surface area (Å²) < 4.78 is 8.35. The molecule has 0 atom stereocenters. The Bertz CT molecular complexity index is 1180. The molecule has 6 nitrogen and oxygen atoms in total. The number of hydrogen-bond acceptors (Lipinski definition) is 5. The number of ether oxygens (including phenoxy) is 1. The Morgan fingerprint density at radius 1 is 0.964 bits per heavy atom. The minimum Gasteiger partial charge on any atom is -0.378 e. The lowest BCUT2D eigenvalue weighted by molar-refractivity contribution is 0.122. The molecule has 4 aromatic rings. The third kappa shape index (κ3) is 3.27. The SMILES string of the molecule is Brc1cnc(N2CCOCC2)c2nc(C=Cc3ccc4ccccc4n3)cn12. The molecule has 7 heteroatoms. The molecule has 1 aliphatic heterocycles. The van der Waals surface area contributed by atoms with Crippen molar-refractivity contribution in [3.8, 4) is 0 Å². The van der Waals surface area contributed by atoms with Crippen LogP contribution < -0.4 is 4.90 Å². The number of morpholine rings is 1. The number of benzene rings is 1. The lowest BCUT2D eigenvalue weighted by Gasteiger charge is -2.27. The van der Waals surface area contributed by atoms with E-state index in [9.17, 15) is 0 Å². The summed E-state index contributed by atoms with van der Waals surface area (Å²) in [6.07, 6.45) is 7.80. The smallest absolute Gasteiger partial charge is 0.181 e. The van der Waals surface area contributed by atoms with E-state index in [2.05, 4.69) is 42.9 Å². The number of hydrogen-bond donors (Lipinski definition) is 0. The summed E-state index contributed by atoms with van der Waals surface area (Å²) in [6, 6.07) is 12.2. The number of para-hydroxylation sites is 1. The topological polar surface area (TPSA) is 55.5 Å². The van der Waals surface area contributed by atoms with Gasteiger partial charge in [-0.3, -0.25) is 4.40 Å². The maximum absolute atomic E-state index is 5.46. The number of pyridine rings is 1. The van der Waals surface area contributed by atoms with Crippen molar-refractivity contribution in [2.75, 3.05) is 31.2 Å². The van der Waals surface area contributed by atoms with Crippen molar-refractivity contribution in [3.05, 3.63) is 64.8 Å². The molecule has 0 N–H and O–H groups in total. The van der Waals surface area contributed by atoms with Crippen LogP contribution in [-0.4, -0.2) is 45.7 Å². The Hall–Kier alpha value is -2.77. The highest BCUT2D eigenvalue weighted by atomic mass is 79.9. The number of imidazole rings is 1. The molecule has 0 saturated carbocycles. The van der Waals surface area contributed by atoms with Crippen LogP contribution in [-0.2, 0) is 4.74 Å². The summed E-state index contributed by atoms with van der Waals surface area (Å²) in [5.74, 6) is 0.884. The zero-order valence-electron chi connectivity index (χ0n) is 15.1. The van der Waals surface area contributed by atoms with Gasteiger partial charge >= 0.3 is 0 Å². The average Bonchev–Trinajstić information content (AvgIpc) is 3.18. The minimum atomic E-state index is 0.713. The summed E-state index contributed by atoms with van der Waals surface area (Å²) in [6.45, 7) is 3.07. The number of rotatable bonds is 3. The van der Waals surface area contributed by atoms with Gasteiger partial charge < -0.3 is 9.64 Å². The Morgan fingerprint density at radius 2 is 1.79 bits per heavy atom. The lowest BCUT2D eigenvalue weighted by Crippen LogP contribution is -2.37. The van der Waals surface area contributed by atoms with E-state index in [4.69, 9.17) is 9.72 Å². The second-order valence-corrected chi connectivity index (χ2v) is 7.44. The van der Waals surface area contributed by atoms with E-state index in [1.165, 1.54) is 0 Å². The van der Waals surface area contributed by atoms with Crippen LogP contribution in [0.3, 0.4) is 0 Å². The van der Waals surface area contributed by atoms with Gasteiger partial charge in [-0.25, -0.2) is 15.0 Å². The van der Waals surface area contributed by atoms with Crippen LogP contribution in [0.2, 0.25) is 0 Å². The molecule has 0 aliphatic carbocycles. The van der Waals surface area contributed by atoms with Gasteiger partial charge in [0.05, 0.1) is 36.3 Å². The molecule has 4 heterocycles. The number of aromatic nitrogens is 4. The van der Waals surface area contributed by atoms with Crippen LogP contribution in [0.1, 0.15) is 11.4 Å². The summed E-state index contributed by atoms with van der Waals surface area (Å²) in [7, 11) is 0. The fourth-order valence-electron chi connectivity index (χ4n) is 3.38. The van der Waals surface area contributed by atoms with Crippen LogP contribution in [0.4, 0.5) is 5.82 Å². The van der Waals surface area contributed by atoms with E-state index in [0.29, 0.717) is 13.2 Å². The van der Waals surface area contributed by atoms with Crippen LogP contribution in [0.15, 0.2) is 53.4 Å². The highest BCUT2D eigenvalue weighted by Gasteiger charge is 2.18. The van der Waals surface area contributed by atoms with E-state index >= 15 is 0 Å². The Labute approximate surface area is 170 Å². The molecular weight excluding hydrogens is 418 g/mol. The molecule has 1 fully saturated rings. The fourth-order valence-corrected chi connectivity index (χ4v) is 3.75. The Morgan fingerprint density at radius 3 is 2.68 bits per heavy atom. The van der Waals surface area contributed by atoms with Crippen molar-refractivity contribution in [1.82, 2.24) is 19.4 Å². The van der Waals surface area contributed by atoms with Gasteiger partial charge in [0.1, 0.15) is 4.60 Å². The van der Waals surface area contributed by atoms with E-state index in [-0.39, 0.29) is 0 Å². The van der Waals surface area contributed by atoms with E-state index in [0.717, 1.165) is 51.4 Å². The minimum absolute atomic E-state index is 0.713. The van der Waals surface area contributed by atoms with Crippen LogP contribution >= 0.6 is 15.9 Å². The number of fused-ring (bicyclic) bond motifs is 2. The molecule has 3 aromatic heterocycles. The average molecular weight is 436 g/mol. The molecule has 140 valence electrons. The van der Waals surface area contributed by atoms with Gasteiger partial charge in [0.2, 0.25) is 0 Å².